The molecule has 1 atom stereocenters. The summed E-state index contributed by atoms with van der Waals surface area (Å²) >= 11 is 0. The second-order valence-corrected chi connectivity index (χ2v) is 5.97. The number of aromatic nitrogens is 2. The zero-order valence-corrected chi connectivity index (χ0v) is 14.6. The van der Waals surface area contributed by atoms with E-state index in [1.54, 1.807) is 25.4 Å². The van der Waals surface area contributed by atoms with Gasteiger partial charge in [0.2, 0.25) is 5.91 Å². The lowest BCUT2D eigenvalue weighted by Gasteiger charge is -2.19. The number of imidazole rings is 1. The number of hydrogen-bond donors (Lipinski definition) is 1. The zero-order valence-electron chi connectivity index (χ0n) is 14.6. The summed E-state index contributed by atoms with van der Waals surface area (Å²) < 4.78 is 20.2. The number of nitrogens with one attached hydrogen (secondary N) is 1. The fourth-order valence-electron chi connectivity index (χ4n) is 2.75. The molecule has 0 spiro atoms. The van der Waals surface area contributed by atoms with Gasteiger partial charge in [-0.05, 0) is 35.4 Å². The molecule has 3 rings (SSSR count). The predicted octanol–water partition coefficient (Wildman–Crippen LogP) is 3.02. The molecular formula is C20H20FN3O2. The molecule has 0 radical (unpaired) electrons. The number of aryl methyl sites for hydroxylation is 1. The maximum Gasteiger partial charge on any atom is 0.225 e. The highest BCUT2D eigenvalue weighted by Gasteiger charge is 2.21. The normalized spacial score (nSPS) is 11.8. The molecule has 1 aromatic heterocycles. The number of ether oxygens (including phenoxy) is 1. The van der Waals surface area contributed by atoms with Crippen LogP contribution in [0.2, 0.25) is 0 Å². The molecule has 0 aliphatic carbocycles. The minimum absolute atomic E-state index is 0.146. The van der Waals surface area contributed by atoms with Crippen molar-refractivity contribution < 1.29 is 13.9 Å². The third-order valence-corrected chi connectivity index (χ3v) is 4.15. The Morgan fingerprint density at radius 1 is 1.19 bits per heavy atom. The summed E-state index contributed by atoms with van der Waals surface area (Å²) in [6.07, 6.45) is 3.70. The Morgan fingerprint density at radius 2 is 1.88 bits per heavy atom. The summed E-state index contributed by atoms with van der Waals surface area (Å²) in [5.41, 5.74) is 1.64. The van der Waals surface area contributed by atoms with Crippen LogP contribution in [-0.2, 0) is 18.3 Å². The van der Waals surface area contributed by atoms with Crippen LogP contribution in [0.15, 0.2) is 60.9 Å². The first kappa shape index (κ1) is 17.7. The van der Waals surface area contributed by atoms with E-state index in [1.165, 1.54) is 12.1 Å². The van der Waals surface area contributed by atoms with Crippen molar-refractivity contribution in [2.75, 3.05) is 7.11 Å². The van der Waals surface area contributed by atoms with Gasteiger partial charge in [0.15, 0.2) is 0 Å². The minimum Gasteiger partial charge on any atom is -0.497 e. The number of amides is 1. The lowest BCUT2D eigenvalue weighted by molar-refractivity contribution is -0.121. The highest BCUT2D eigenvalue weighted by Crippen LogP contribution is 2.21. The molecule has 0 aliphatic rings. The Balaban J connectivity index is 1.79. The molecule has 26 heavy (non-hydrogen) atoms. The van der Waals surface area contributed by atoms with Crippen LogP contribution < -0.4 is 10.1 Å². The van der Waals surface area contributed by atoms with Crippen molar-refractivity contribution in [1.29, 1.82) is 0 Å². The molecule has 5 nitrogen and oxygen atoms in total. The number of hydrogen-bond acceptors (Lipinski definition) is 3. The summed E-state index contributed by atoms with van der Waals surface area (Å²) in [5, 5.41) is 3.00. The van der Waals surface area contributed by atoms with E-state index < -0.39 is 6.04 Å². The molecular weight excluding hydrogens is 333 g/mol. The maximum absolute atomic E-state index is 13.3. The Bertz CT molecular complexity index is 873. The van der Waals surface area contributed by atoms with Crippen LogP contribution in [-0.4, -0.2) is 22.6 Å². The summed E-state index contributed by atoms with van der Waals surface area (Å²) in [6.45, 7) is 0. The highest BCUT2D eigenvalue weighted by molar-refractivity contribution is 5.79. The number of benzene rings is 2. The highest BCUT2D eigenvalue weighted by atomic mass is 19.1. The average molecular weight is 353 g/mol. The van der Waals surface area contributed by atoms with Crippen molar-refractivity contribution in [2.45, 2.75) is 12.5 Å². The summed E-state index contributed by atoms with van der Waals surface area (Å²) in [5.74, 6) is 0.954. The molecule has 3 aromatic rings. The van der Waals surface area contributed by atoms with Crippen molar-refractivity contribution >= 4 is 5.91 Å². The molecule has 0 aliphatic heterocycles. The van der Waals surface area contributed by atoms with E-state index in [2.05, 4.69) is 10.3 Å². The molecule has 6 heteroatoms. The third kappa shape index (κ3) is 4.08. The average Bonchev–Trinajstić information content (AvgIpc) is 3.07. The van der Waals surface area contributed by atoms with E-state index in [0.29, 0.717) is 5.82 Å². The van der Waals surface area contributed by atoms with Gasteiger partial charge in [0.25, 0.3) is 0 Å². The maximum atomic E-state index is 13.3. The molecule has 1 amide bonds. The van der Waals surface area contributed by atoms with Gasteiger partial charge in [-0.15, -0.1) is 0 Å². The van der Waals surface area contributed by atoms with Gasteiger partial charge in [-0.1, -0.05) is 24.3 Å². The van der Waals surface area contributed by atoms with E-state index in [0.717, 1.165) is 16.9 Å². The van der Waals surface area contributed by atoms with E-state index in [-0.39, 0.29) is 18.1 Å². The quantitative estimate of drug-likeness (QED) is 0.741. The van der Waals surface area contributed by atoms with Gasteiger partial charge < -0.3 is 14.6 Å². The van der Waals surface area contributed by atoms with Gasteiger partial charge in [0.1, 0.15) is 23.4 Å². The predicted molar refractivity (Wildman–Crippen MR) is 96.3 cm³/mol. The van der Waals surface area contributed by atoms with Gasteiger partial charge in [0.05, 0.1) is 13.5 Å². The fourth-order valence-corrected chi connectivity index (χ4v) is 2.75. The largest absolute Gasteiger partial charge is 0.497 e. The van der Waals surface area contributed by atoms with Crippen LogP contribution >= 0.6 is 0 Å². The van der Waals surface area contributed by atoms with Crippen molar-refractivity contribution in [3.05, 3.63) is 83.7 Å². The molecule has 0 bridgehead atoms. The first-order chi connectivity index (χ1) is 12.6. The Labute approximate surface area is 151 Å². The van der Waals surface area contributed by atoms with Crippen molar-refractivity contribution in [2.24, 2.45) is 7.05 Å². The van der Waals surface area contributed by atoms with Gasteiger partial charge in [-0.2, -0.15) is 0 Å². The van der Waals surface area contributed by atoms with Gasteiger partial charge in [0, 0.05) is 19.4 Å². The number of halogens is 1. The second-order valence-electron chi connectivity index (χ2n) is 5.97. The molecule has 134 valence electrons. The molecule has 1 heterocycles. The van der Waals surface area contributed by atoms with E-state index >= 15 is 0 Å². The Hall–Kier alpha value is -3.15. The SMILES string of the molecule is COc1ccc(CC(=O)N[C@H](c2ccc(F)cc2)c2nccn2C)cc1. The molecule has 0 saturated carbocycles. The van der Waals surface area contributed by atoms with Crippen LogP contribution in [0.1, 0.15) is 23.0 Å². The lowest BCUT2D eigenvalue weighted by atomic mass is 10.0. The summed E-state index contributed by atoms with van der Waals surface area (Å²) in [4.78, 5) is 16.9. The van der Waals surface area contributed by atoms with Crippen LogP contribution in [0.25, 0.3) is 0 Å². The molecule has 2 aromatic carbocycles. The Kier molecular flexibility index (Phi) is 5.31. The van der Waals surface area contributed by atoms with Crippen LogP contribution in [0.3, 0.4) is 0 Å². The van der Waals surface area contributed by atoms with Crippen LogP contribution in [0.5, 0.6) is 5.75 Å². The van der Waals surface area contributed by atoms with Crippen molar-refractivity contribution in [3.8, 4) is 5.75 Å². The molecule has 0 fully saturated rings. The monoisotopic (exact) mass is 353 g/mol. The zero-order chi connectivity index (χ0) is 18.5. The topological polar surface area (TPSA) is 56.1 Å². The number of carbonyl (C=O) groups is 1. The van der Waals surface area contributed by atoms with Gasteiger partial charge >= 0.3 is 0 Å². The van der Waals surface area contributed by atoms with E-state index in [9.17, 15) is 9.18 Å². The smallest absolute Gasteiger partial charge is 0.225 e. The minimum atomic E-state index is -0.457. The Morgan fingerprint density at radius 3 is 2.46 bits per heavy atom. The number of carbonyl (C=O) groups excluding carboxylic acids is 1. The first-order valence-corrected chi connectivity index (χ1v) is 8.22. The summed E-state index contributed by atoms with van der Waals surface area (Å²) in [7, 11) is 3.45. The standard InChI is InChI=1S/C20H20FN3O2/c1-24-12-11-22-20(24)19(15-5-7-16(21)8-6-15)23-18(25)13-14-3-9-17(26-2)10-4-14/h3-12,19H,13H2,1-2H3,(H,23,25)/t19-/m1/s1. The van der Waals surface area contributed by atoms with Crippen molar-refractivity contribution in [1.82, 2.24) is 14.9 Å². The molecule has 0 unspecified atom stereocenters. The van der Waals surface area contributed by atoms with Gasteiger partial charge in [-0.25, -0.2) is 9.37 Å². The lowest BCUT2D eigenvalue weighted by Crippen LogP contribution is -2.32. The number of nitrogens with zero attached hydrogens (tertiary/aromatic N) is 2. The van der Waals surface area contributed by atoms with Crippen LogP contribution in [0.4, 0.5) is 4.39 Å². The number of rotatable bonds is 6. The van der Waals surface area contributed by atoms with Crippen molar-refractivity contribution in [3.63, 3.8) is 0 Å². The second kappa shape index (κ2) is 7.82. The molecule has 1 N–H and O–H groups in total. The number of methoxy groups -OCH3 is 1. The van der Waals surface area contributed by atoms with E-state index in [4.69, 9.17) is 4.74 Å². The van der Waals surface area contributed by atoms with E-state index in [1.807, 2.05) is 42.1 Å². The fraction of sp³-hybridized carbons (Fsp3) is 0.200. The molecule has 0 saturated heterocycles. The summed E-state index contributed by atoms with van der Waals surface area (Å²) in [6, 6.07) is 12.9. The van der Waals surface area contributed by atoms with Gasteiger partial charge in [-0.3, -0.25) is 4.79 Å². The first-order valence-electron chi connectivity index (χ1n) is 8.22. The van der Waals surface area contributed by atoms with Crippen LogP contribution in [0, 0.1) is 5.82 Å². The third-order valence-electron chi connectivity index (χ3n) is 4.15.